The lowest BCUT2D eigenvalue weighted by molar-refractivity contribution is -0.116. The normalized spacial score (nSPS) is 11.8. The number of nitrogens with two attached hydrogens (primary N) is 2. The fourth-order valence-corrected chi connectivity index (χ4v) is 4.77. The molecule has 0 heterocycles. The molecular weight excluding hydrogens is 641 g/mol. The summed E-state index contributed by atoms with van der Waals surface area (Å²) < 4.78 is 0. The van der Waals surface area contributed by atoms with Gasteiger partial charge in [-0.3, -0.25) is 14.4 Å². The quantitative estimate of drug-likeness (QED) is 0.0870. The van der Waals surface area contributed by atoms with Gasteiger partial charge in [0, 0.05) is 58.0 Å². The van der Waals surface area contributed by atoms with Crippen LogP contribution in [0.2, 0.25) is 0 Å². The molecule has 11 heteroatoms. The monoisotopic (exact) mass is 686 g/mol. The minimum Gasteiger partial charge on any atom is -0.383 e. The molecule has 0 radical (unpaired) electrons. The lowest BCUT2D eigenvalue weighted by Gasteiger charge is -2.15. The molecule has 0 bridgehead atoms. The Balaban J connectivity index is 0.000000260. The van der Waals surface area contributed by atoms with Crippen molar-refractivity contribution in [3.05, 3.63) is 118 Å². The van der Waals surface area contributed by atoms with Crippen LogP contribution in [0.15, 0.2) is 78.9 Å². The molecule has 0 fully saturated rings. The molecule has 0 aliphatic carbocycles. The molecule has 0 saturated heterocycles. The standard InChI is InChI=1S/C19H25N3OS.C18H21N3O2S/c1-12-5-4-6-17(14(12)3)22-19(23)15-8-7-13(2)18(9-15)21-10-16(20)11-24;1-11-5-3-8-16(12(11)2)21-17(22)13-6-4-7-14(9-13)20-18(23)15(19)10-24/h4-9,16,21,24H,10-11,20H2,1-3H3,(H,22,23);3-9,15,24H,10,19H2,1-2H3,(H,20,23)(H,21,22)/t16-;15-/m10/s1. The van der Waals surface area contributed by atoms with Crippen LogP contribution in [0.1, 0.15) is 48.5 Å². The Morgan fingerprint density at radius 2 is 1.17 bits per heavy atom. The summed E-state index contributed by atoms with van der Waals surface area (Å²) in [5.41, 5.74) is 21.1. The molecule has 48 heavy (non-hydrogen) atoms. The lowest BCUT2D eigenvalue weighted by atomic mass is 10.1. The molecule has 0 aliphatic rings. The SMILES string of the molecule is Cc1ccc(C(=O)Nc2cccc(C)c2C)cc1NC[C@@H](N)CS.Cc1cccc(NC(=O)c2cccc(NC(=O)[C@@H](N)CS)c2)c1C. The molecule has 4 rings (SSSR count). The first-order chi connectivity index (χ1) is 22.8. The van der Waals surface area contributed by atoms with E-state index in [0.29, 0.717) is 29.1 Å². The van der Waals surface area contributed by atoms with Crippen molar-refractivity contribution in [1.29, 1.82) is 0 Å². The Morgan fingerprint density at radius 1 is 0.625 bits per heavy atom. The van der Waals surface area contributed by atoms with Crippen molar-refractivity contribution in [2.24, 2.45) is 11.5 Å². The lowest BCUT2D eigenvalue weighted by Crippen LogP contribution is -2.37. The molecule has 0 unspecified atom stereocenters. The van der Waals surface area contributed by atoms with Gasteiger partial charge in [0.25, 0.3) is 11.8 Å². The van der Waals surface area contributed by atoms with Gasteiger partial charge < -0.3 is 32.7 Å². The predicted octanol–water partition coefficient (Wildman–Crippen LogP) is 6.28. The molecule has 0 saturated carbocycles. The summed E-state index contributed by atoms with van der Waals surface area (Å²) in [6, 6.07) is 23.3. The number of aryl methyl sites for hydroxylation is 3. The Labute approximate surface area is 294 Å². The van der Waals surface area contributed by atoms with Gasteiger partial charge in [-0.2, -0.15) is 25.3 Å². The minimum atomic E-state index is -0.694. The molecule has 0 aromatic heterocycles. The first-order valence-electron chi connectivity index (χ1n) is 15.6. The highest BCUT2D eigenvalue weighted by atomic mass is 32.1. The number of nitrogens with one attached hydrogen (secondary N) is 4. The van der Waals surface area contributed by atoms with E-state index in [4.69, 9.17) is 11.5 Å². The second kappa shape index (κ2) is 18.3. The maximum Gasteiger partial charge on any atom is 0.255 e. The highest BCUT2D eigenvalue weighted by molar-refractivity contribution is 7.80. The summed E-state index contributed by atoms with van der Waals surface area (Å²) in [5.74, 6) is 0.165. The van der Waals surface area contributed by atoms with E-state index < -0.39 is 6.04 Å². The van der Waals surface area contributed by atoms with E-state index >= 15 is 0 Å². The van der Waals surface area contributed by atoms with E-state index in [1.165, 1.54) is 0 Å². The third-order valence-corrected chi connectivity index (χ3v) is 8.78. The molecule has 2 atom stereocenters. The Bertz CT molecular complexity index is 1750. The number of hydrogen-bond donors (Lipinski definition) is 8. The van der Waals surface area contributed by atoms with Gasteiger partial charge in [0.15, 0.2) is 0 Å². The maximum absolute atomic E-state index is 12.6. The van der Waals surface area contributed by atoms with E-state index in [2.05, 4.69) is 46.5 Å². The summed E-state index contributed by atoms with van der Waals surface area (Å²) >= 11 is 8.18. The number of carbonyl (C=O) groups excluding carboxylic acids is 3. The summed E-state index contributed by atoms with van der Waals surface area (Å²) in [6.45, 7) is 10.6. The Hall–Kier alpha value is -4.29. The van der Waals surface area contributed by atoms with Gasteiger partial charge in [-0.15, -0.1) is 0 Å². The largest absolute Gasteiger partial charge is 0.383 e. The fourth-order valence-electron chi connectivity index (χ4n) is 4.48. The van der Waals surface area contributed by atoms with Gasteiger partial charge in [0.05, 0.1) is 6.04 Å². The van der Waals surface area contributed by atoms with Crippen LogP contribution < -0.4 is 32.7 Å². The van der Waals surface area contributed by atoms with Crippen molar-refractivity contribution < 1.29 is 14.4 Å². The van der Waals surface area contributed by atoms with E-state index in [-0.39, 0.29) is 29.5 Å². The average molecular weight is 687 g/mol. The molecule has 254 valence electrons. The topological polar surface area (TPSA) is 151 Å². The Kier molecular flexibility index (Phi) is 14.6. The van der Waals surface area contributed by atoms with Crippen molar-refractivity contribution in [2.75, 3.05) is 39.3 Å². The number of hydrogen-bond acceptors (Lipinski definition) is 8. The van der Waals surface area contributed by atoms with Crippen LogP contribution in [0, 0.1) is 34.6 Å². The van der Waals surface area contributed by atoms with E-state index in [0.717, 1.165) is 44.9 Å². The minimum absolute atomic E-state index is 0.0276. The van der Waals surface area contributed by atoms with Crippen LogP contribution in [0.25, 0.3) is 0 Å². The van der Waals surface area contributed by atoms with Gasteiger partial charge in [0.1, 0.15) is 0 Å². The first kappa shape index (κ1) is 38.2. The molecule has 4 aromatic rings. The van der Waals surface area contributed by atoms with Crippen LogP contribution in [0.4, 0.5) is 22.7 Å². The smallest absolute Gasteiger partial charge is 0.255 e. The third kappa shape index (κ3) is 10.9. The highest BCUT2D eigenvalue weighted by Crippen LogP contribution is 2.22. The number of thiol groups is 2. The molecule has 4 aromatic carbocycles. The third-order valence-electron chi connectivity index (χ3n) is 7.92. The van der Waals surface area contributed by atoms with E-state index in [9.17, 15) is 14.4 Å². The van der Waals surface area contributed by atoms with Crippen molar-refractivity contribution in [1.82, 2.24) is 0 Å². The zero-order valence-corrected chi connectivity index (χ0v) is 29.8. The van der Waals surface area contributed by atoms with Crippen molar-refractivity contribution in [3.8, 4) is 0 Å². The number of amides is 3. The molecule has 3 amide bonds. The number of anilines is 4. The maximum atomic E-state index is 12.6. The Morgan fingerprint density at radius 3 is 1.71 bits per heavy atom. The van der Waals surface area contributed by atoms with Gasteiger partial charge in [-0.25, -0.2) is 0 Å². The van der Waals surface area contributed by atoms with Crippen molar-refractivity contribution in [3.63, 3.8) is 0 Å². The highest BCUT2D eigenvalue weighted by Gasteiger charge is 2.14. The fraction of sp³-hybridized carbons (Fsp3) is 0.270. The second-order valence-electron chi connectivity index (χ2n) is 11.6. The van der Waals surface area contributed by atoms with Crippen LogP contribution in [0.3, 0.4) is 0 Å². The van der Waals surface area contributed by atoms with Gasteiger partial charge in [-0.1, -0.05) is 36.4 Å². The molecule has 0 spiro atoms. The van der Waals surface area contributed by atoms with Gasteiger partial charge in [0.2, 0.25) is 5.91 Å². The zero-order valence-electron chi connectivity index (χ0n) is 28.1. The molecule has 8 N–H and O–H groups in total. The summed E-state index contributed by atoms with van der Waals surface area (Å²) in [7, 11) is 0. The van der Waals surface area contributed by atoms with Crippen LogP contribution in [-0.4, -0.2) is 47.9 Å². The van der Waals surface area contributed by atoms with Crippen molar-refractivity contribution in [2.45, 2.75) is 46.7 Å². The average Bonchev–Trinajstić information content (AvgIpc) is 3.08. The van der Waals surface area contributed by atoms with E-state index in [1.807, 2.05) is 89.2 Å². The van der Waals surface area contributed by atoms with Crippen LogP contribution >= 0.6 is 25.3 Å². The van der Waals surface area contributed by atoms with E-state index in [1.54, 1.807) is 24.3 Å². The first-order valence-corrected chi connectivity index (χ1v) is 16.8. The zero-order chi connectivity index (χ0) is 35.4. The van der Waals surface area contributed by atoms with Crippen molar-refractivity contribution >= 4 is 65.7 Å². The van der Waals surface area contributed by atoms with Gasteiger partial charge >= 0.3 is 0 Å². The van der Waals surface area contributed by atoms with Crippen LogP contribution in [0.5, 0.6) is 0 Å². The summed E-state index contributed by atoms with van der Waals surface area (Å²) in [4.78, 5) is 36.8. The number of benzene rings is 4. The summed E-state index contributed by atoms with van der Waals surface area (Å²) in [6.07, 6.45) is 0. The van der Waals surface area contributed by atoms with Crippen LogP contribution in [-0.2, 0) is 4.79 Å². The summed E-state index contributed by atoms with van der Waals surface area (Å²) in [5, 5.41) is 11.8. The number of rotatable bonds is 11. The molecule has 9 nitrogen and oxygen atoms in total. The molecular formula is C37H46N6O3S2. The second-order valence-corrected chi connectivity index (χ2v) is 12.3. The van der Waals surface area contributed by atoms with Gasteiger partial charge in [-0.05, 0) is 105 Å². The predicted molar refractivity (Wildman–Crippen MR) is 206 cm³/mol. The number of carbonyl (C=O) groups is 3. The molecule has 0 aliphatic heterocycles.